The fourth-order valence-electron chi connectivity index (χ4n) is 5.04. The lowest BCUT2D eigenvalue weighted by molar-refractivity contribution is 0.472. The molecule has 38 heavy (non-hydrogen) atoms. The molecule has 0 aromatic heterocycles. The molecule has 0 aliphatic rings. The third kappa shape index (κ3) is 3.91. The first-order valence-corrected chi connectivity index (χ1v) is 11.7. The van der Waals surface area contributed by atoms with Gasteiger partial charge in [0.15, 0.2) is 0 Å². The van der Waals surface area contributed by atoms with Crippen LogP contribution in [0.2, 0.25) is 0 Å². The third-order valence-corrected chi connectivity index (χ3v) is 6.64. The molecule has 0 saturated heterocycles. The van der Waals surface area contributed by atoms with Gasteiger partial charge in [0.2, 0.25) is 0 Å². The lowest BCUT2D eigenvalue weighted by atomic mass is 9.86. The zero-order chi connectivity index (χ0) is 26.6. The van der Waals surface area contributed by atoms with E-state index in [1.54, 1.807) is 60.7 Å². The highest BCUT2D eigenvalue weighted by atomic mass is 19.1. The van der Waals surface area contributed by atoms with Crippen molar-refractivity contribution in [2.45, 2.75) is 0 Å². The molecule has 0 unspecified atom stereocenters. The van der Waals surface area contributed by atoms with E-state index in [1.165, 1.54) is 0 Å². The smallest absolute Gasteiger partial charge is 0.132 e. The van der Waals surface area contributed by atoms with Crippen LogP contribution in [0.25, 0.3) is 54.9 Å². The zero-order valence-corrected chi connectivity index (χ0v) is 19.6. The summed E-state index contributed by atoms with van der Waals surface area (Å²) in [6, 6.07) is 23.3. The van der Waals surface area contributed by atoms with Crippen molar-refractivity contribution in [2.75, 3.05) is 0 Å². The summed E-state index contributed by atoms with van der Waals surface area (Å²) in [6.07, 6.45) is 0. The van der Waals surface area contributed by atoms with Gasteiger partial charge >= 0.3 is 0 Å². The second kappa shape index (κ2) is 8.92. The average molecular weight is 510 g/mol. The Kier molecular flexibility index (Phi) is 5.53. The van der Waals surface area contributed by atoms with Crippen LogP contribution in [0.5, 0.6) is 11.5 Å². The minimum absolute atomic E-state index is 0.110. The SMILES string of the molecule is Oc1c(-c2cc(F)cc(F)c2)cc2ccccc2c1-c1c(O)c(-c2cc(F)cc(F)c2)cc2ccccc12. The first kappa shape index (κ1) is 23.6. The number of halogens is 4. The first-order chi connectivity index (χ1) is 18.3. The molecule has 0 radical (unpaired) electrons. The topological polar surface area (TPSA) is 40.5 Å². The number of hydrogen-bond acceptors (Lipinski definition) is 2. The first-order valence-electron chi connectivity index (χ1n) is 11.7. The average Bonchev–Trinajstić information content (AvgIpc) is 2.87. The van der Waals surface area contributed by atoms with Crippen LogP contribution >= 0.6 is 0 Å². The summed E-state index contributed by atoms with van der Waals surface area (Å²) in [4.78, 5) is 0. The monoisotopic (exact) mass is 510 g/mol. The summed E-state index contributed by atoms with van der Waals surface area (Å²) in [5, 5.41) is 25.7. The van der Waals surface area contributed by atoms with E-state index in [-0.39, 0.29) is 44.9 Å². The van der Waals surface area contributed by atoms with Gasteiger partial charge in [-0.15, -0.1) is 0 Å². The summed E-state index contributed by atoms with van der Waals surface area (Å²) in [6.45, 7) is 0. The van der Waals surface area contributed by atoms with Gasteiger partial charge in [-0.25, -0.2) is 17.6 Å². The molecule has 2 N–H and O–H groups in total. The molecule has 0 aliphatic heterocycles. The van der Waals surface area contributed by atoms with E-state index >= 15 is 0 Å². The third-order valence-electron chi connectivity index (χ3n) is 6.64. The Morgan fingerprint density at radius 1 is 0.421 bits per heavy atom. The van der Waals surface area contributed by atoms with Crippen molar-refractivity contribution < 1.29 is 27.8 Å². The molecule has 0 saturated carbocycles. The molecular weight excluding hydrogens is 492 g/mol. The van der Waals surface area contributed by atoms with Gasteiger partial charge in [0.1, 0.15) is 34.8 Å². The number of hydrogen-bond donors (Lipinski definition) is 2. The van der Waals surface area contributed by atoms with Crippen LogP contribution < -0.4 is 0 Å². The highest BCUT2D eigenvalue weighted by Gasteiger charge is 2.23. The molecule has 0 heterocycles. The van der Waals surface area contributed by atoms with E-state index in [0.29, 0.717) is 21.5 Å². The normalized spacial score (nSPS) is 11.4. The molecule has 6 aromatic rings. The quantitative estimate of drug-likeness (QED) is 0.233. The van der Waals surface area contributed by atoms with Gasteiger partial charge < -0.3 is 10.2 Å². The van der Waals surface area contributed by atoms with Gasteiger partial charge in [-0.2, -0.15) is 0 Å². The van der Waals surface area contributed by atoms with Crippen molar-refractivity contribution in [3.8, 4) is 44.9 Å². The van der Waals surface area contributed by atoms with Gasteiger partial charge in [0, 0.05) is 34.4 Å². The molecule has 6 rings (SSSR count). The minimum Gasteiger partial charge on any atom is -0.507 e. The largest absolute Gasteiger partial charge is 0.507 e. The van der Waals surface area contributed by atoms with E-state index in [2.05, 4.69) is 0 Å². The van der Waals surface area contributed by atoms with Gasteiger partial charge in [-0.3, -0.25) is 0 Å². The standard InChI is InChI=1S/C32H18F4O2/c33-21-9-19(10-22(34)15-21)27-13-17-5-1-3-7-25(17)29(31(27)37)30-26-8-4-2-6-18(26)14-28(32(30)38)20-11-23(35)16-24(36)12-20/h1-16,37-38H. The Morgan fingerprint density at radius 2 is 0.763 bits per heavy atom. The summed E-state index contributed by atoms with van der Waals surface area (Å²) in [7, 11) is 0. The van der Waals surface area contributed by atoms with Crippen LogP contribution in [0.1, 0.15) is 0 Å². The van der Waals surface area contributed by atoms with Crippen LogP contribution in [-0.2, 0) is 0 Å². The van der Waals surface area contributed by atoms with Gasteiger partial charge in [-0.05, 0) is 69.1 Å². The van der Waals surface area contributed by atoms with Crippen molar-refractivity contribution in [1.29, 1.82) is 0 Å². The number of aromatic hydroxyl groups is 2. The Morgan fingerprint density at radius 3 is 1.13 bits per heavy atom. The maximum atomic E-state index is 14.1. The van der Waals surface area contributed by atoms with Gasteiger partial charge in [0.05, 0.1) is 0 Å². The Bertz CT molecular complexity index is 1720. The Balaban J connectivity index is 1.77. The van der Waals surface area contributed by atoms with Crippen molar-refractivity contribution in [3.63, 3.8) is 0 Å². The van der Waals surface area contributed by atoms with Gasteiger partial charge in [0.25, 0.3) is 0 Å². The lowest BCUT2D eigenvalue weighted by Gasteiger charge is -2.19. The van der Waals surface area contributed by atoms with Crippen LogP contribution in [0.3, 0.4) is 0 Å². The van der Waals surface area contributed by atoms with Crippen molar-refractivity contribution in [2.24, 2.45) is 0 Å². The molecule has 0 fully saturated rings. The van der Waals surface area contributed by atoms with Crippen LogP contribution in [0, 0.1) is 23.3 Å². The maximum Gasteiger partial charge on any atom is 0.132 e. The number of fused-ring (bicyclic) bond motifs is 2. The summed E-state index contributed by atoms with van der Waals surface area (Å²) >= 11 is 0. The predicted molar refractivity (Wildman–Crippen MR) is 141 cm³/mol. The number of phenols is 2. The highest BCUT2D eigenvalue weighted by molar-refractivity contribution is 6.13. The predicted octanol–water partition coefficient (Wildman–Crippen LogP) is 8.96. The summed E-state index contributed by atoms with van der Waals surface area (Å²) in [5.74, 6) is -3.85. The molecule has 0 bridgehead atoms. The molecule has 0 aliphatic carbocycles. The second-order valence-electron chi connectivity index (χ2n) is 9.05. The highest BCUT2D eigenvalue weighted by Crippen LogP contribution is 2.51. The zero-order valence-electron chi connectivity index (χ0n) is 19.6. The van der Waals surface area contributed by atoms with Gasteiger partial charge in [-0.1, -0.05) is 48.5 Å². The molecule has 186 valence electrons. The van der Waals surface area contributed by atoms with Crippen LogP contribution in [0.15, 0.2) is 97.1 Å². The number of phenolic OH excluding ortho intramolecular Hbond substituents is 2. The number of rotatable bonds is 3. The van der Waals surface area contributed by atoms with Crippen molar-refractivity contribution in [1.82, 2.24) is 0 Å². The Labute approximate surface area is 214 Å². The molecular formula is C32H18F4O2. The molecule has 6 aromatic carbocycles. The molecule has 0 amide bonds. The molecule has 2 nitrogen and oxygen atoms in total. The molecule has 6 heteroatoms. The summed E-state index contributed by atoms with van der Waals surface area (Å²) in [5.41, 5.74) is 0.967. The summed E-state index contributed by atoms with van der Waals surface area (Å²) < 4.78 is 56.6. The maximum absolute atomic E-state index is 14.1. The van der Waals surface area contributed by atoms with Crippen LogP contribution in [0.4, 0.5) is 17.6 Å². The van der Waals surface area contributed by atoms with Crippen LogP contribution in [-0.4, -0.2) is 10.2 Å². The minimum atomic E-state index is -0.808. The fraction of sp³-hybridized carbons (Fsp3) is 0. The molecule has 0 spiro atoms. The Hall–Kier alpha value is -4.84. The lowest BCUT2D eigenvalue weighted by Crippen LogP contribution is -1.93. The van der Waals surface area contributed by atoms with E-state index in [1.807, 2.05) is 0 Å². The van der Waals surface area contributed by atoms with Crippen molar-refractivity contribution in [3.05, 3.63) is 120 Å². The number of benzene rings is 6. The van der Waals surface area contributed by atoms with E-state index in [9.17, 15) is 27.8 Å². The second-order valence-corrected chi connectivity index (χ2v) is 9.05. The van der Waals surface area contributed by atoms with Crippen molar-refractivity contribution >= 4 is 21.5 Å². The fourth-order valence-corrected chi connectivity index (χ4v) is 5.04. The molecule has 0 atom stereocenters. The van der Waals surface area contributed by atoms with E-state index in [0.717, 1.165) is 36.4 Å². The van der Waals surface area contributed by atoms with E-state index < -0.39 is 23.3 Å². The van der Waals surface area contributed by atoms with E-state index in [4.69, 9.17) is 0 Å².